The van der Waals surface area contributed by atoms with Crippen molar-refractivity contribution in [2.45, 2.75) is 240 Å². The van der Waals surface area contributed by atoms with Gasteiger partial charge in [-0.15, -0.1) is 0 Å². The van der Waals surface area contributed by atoms with Crippen LogP contribution in [0.2, 0.25) is 0 Å². The molecule has 50 heavy (non-hydrogen) atoms. The van der Waals surface area contributed by atoms with E-state index in [1.165, 1.54) is 122 Å². The van der Waals surface area contributed by atoms with E-state index in [1.807, 2.05) is 0 Å². The molecule has 0 spiro atoms. The van der Waals surface area contributed by atoms with Gasteiger partial charge < -0.3 is 14.2 Å². The first kappa shape index (κ1) is 48.4. The lowest BCUT2D eigenvalue weighted by atomic mass is 10.0. The van der Waals surface area contributed by atoms with Gasteiger partial charge in [-0.25, -0.2) is 0 Å². The van der Waals surface area contributed by atoms with Crippen LogP contribution in [0.4, 0.5) is 0 Å². The van der Waals surface area contributed by atoms with Crippen LogP contribution in [0.5, 0.6) is 0 Å². The molecule has 0 bridgehead atoms. The summed E-state index contributed by atoms with van der Waals surface area (Å²) >= 11 is 0. The number of hydrogen-bond acceptors (Lipinski definition) is 6. The average Bonchev–Trinajstić information content (AvgIpc) is 3.08. The maximum absolute atomic E-state index is 12.7. The van der Waals surface area contributed by atoms with Gasteiger partial charge in [0, 0.05) is 19.3 Å². The molecule has 6 heteroatoms. The van der Waals surface area contributed by atoms with Crippen molar-refractivity contribution in [2.24, 2.45) is 11.8 Å². The molecule has 0 heterocycles. The molecule has 0 aromatic rings. The van der Waals surface area contributed by atoms with E-state index in [-0.39, 0.29) is 31.1 Å². The first-order valence-corrected chi connectivity index (χ1v) is 21.7. The molecule has 0 aromatic carbocycles. The zero-order valence-corrected chi connectivity index (χ0v) is 34.0. The van der Waals surface area contributed by atoms with Gasteiger partial charge >= 0.3 is 17.9 Å². The van der Waals surface area contributed by atoms with E-state index in [4.69, 9.17) is 14.2 Å². The van der Waals surface area contributed by atoms with E-state index in [0.717, 1.165) is 69.6 Å². The molecule has 0 aliphatic heterocycles. The first-order valence-electron chi connectivity index (χ1n) is 21.7. The monoisotopic (exact) mass is 709 g/mol. The number of esters is 3. The van der Waals surface area contributed by atoms with E-state index >= 15 is 0 Å². The summed E-state index contributed by atoms with van der Waals surface area (Å²) in [4.78, 5) is 37.5. The quantitative estimate of drug-likeness (QED) is 0.0361. The largest absolute Gasteiger partial charge is 0.462 e. The molecule has 1 atom stereocenters. The third-order valence-electron chi connectivity index (χ3n) is 9.72. The summed E-state index contributed by atoms with van der Waals surface area (Å²) < 4.78 is 16.6. The summed E-state index contributed by atoms with van der Waals surface area (Å²) in [5.74, 6) is 0.721. The van der Waals surface area contributed by atoms with Gasteiger partial charge in [0.05, 0.1) is 0 Å². The summed E-state index contributed by atoms with van der Waals surface area (Å²) in [5.41, 5.74) is 0. The minimum Gasteiger partial charge on any atom is -0.462 e. The molecule has 0 aliphatic carbocycles. The van der Waals surface area contributed by atoms with Gasteiger partial charge in [-0.2, -0.15) is 0 Å². The van der Waals surface area contributed by atoms with Crippen LogP contribution in [0.1, 0.15) is 234 Å². The Morgan fingerprint density at radius 2 is 0.660 bits per heavy atom. The Labute approximate surface area is 310 Å². The molecule has 0 saturated carbocycles. The van der Waals surface area contributed by atoms with E-state index in [0.29, 0.717) is 19.3 Å². The molecule has 0 fully saturated rings. The van der Waals surface area contributed by atoms with E-state index in [2.05, 4.69) is 34.6 Å². The highest BCUT2D eigenvalue weighted by Gasteiger charge is 2.19. The standard InChI is InChI=1S/C44H84O6/c1-6-7-8-9-10-14-18-24-29-34-42(45)48-37-41(38-49-43(46)35-30-25-21-20-23-28-33-40(4)5)50-44(47)36-31-26-19-16-13-11-12-15-17-22-27-32-39(2)3/h39-41H,6-38H2,1-5H3/t41-/m0/s1. The first-order chi connectivity index (χ1) is 24.2. The maximum atomic E-state index is 12.7. The summed E-state index contributed by atoms with van der Waals surface area (Å²) in [6.45, 7) is 11.2. The zero-order valence-electron chi connectivity index (χ0n) is 34.0. The number of ether oxygens (including phenoxy) is 3. The fraction of sp³-hybridized carbons (Fsp3) is 0.932. The van der Waals surface area contributed by atoms with Crippen molar-refractivity contribution in [1.82, 2.24) is 0 Å². The molecule has 6 nitrogen and oxygen atoms in total. The summed E-state index contributed by atoms with van der Waals surface area (Å²) in [5, 5.41) is 0. The van der Waals surface area contributed by atoms with Gasteiger partial charge in [-0.05, 0) is 31.1 Å². The highest BCUT2D eigenvalue weighted by molar-refractivity contribution is 5.71. The lowest BCUT2D eigenvalue weighted by Crippen LogP contribution is -2.30. The fourth-order valence-electron chi connectivity index (χ4n) is 6.40. The molecule has 0 unspecified atom stereocenters. The normalized spacial score (nSPS) is 12.1. The van der Waals surface area contributed by atoms with Crippen LogP contribution < -0.4 is 0 Å². The number of hydrogen-bond donors (Lipinski definition) is 0. The van der Waals surface area contributed by atoms with Gasteiger partial charge in [-0.3, -0.25) is 14.4 Å². The van der Waals surface area contributed by atoms with Crippen LogP contribution in [0.25, 0.3) is 0 Å². The van der Waals surface area contributed by atoms with Crippen LogP contribution in [0.15, 0.2) is 0 Å². The Bertz CT molecular complexity index is 764. The van der Waals surface area contributed by atoms with Gasteiger partial charge in [0.25, 0.3) is 0 Å². The van der Waals surface area contributed by atoms with Crippen molar-refractivity contribution in [2.75, 3.05) is 13.2 Å². The predicted molar refractivity (Wildman–Crippen MR) is 210 cm³/mol. The van der Waals surface area contributed by atoms with Crippen LogP contribution >= 0.6 is 0 Å². The Morgan fingerprint density at radius 1 is 0.380 bits per heavy atom. The number of carbonyl (C=O) groups excluding carboxylic acids is 3. The molecule has 0 aliphatic rings. The highest BCUT2D eigenvalue weighted by atomic mass is 16.6. The maximum Gasteiger partial charge on any atom is 0.306 e. The van der Waals surface area contributed by atoms with Gasteiger partial charge in [0.15, 0.2) is 6.10 Å². The smallest absolute Gasteiger partial charge is 0.306 e. The van der Waals surface area contributed by atoms with Crippen LogP contribution in [0.3, 0.4) is 0 Å². The van der Waals surface area contributed by atoms with Crippen molar-refractivity contribution >= 4 is 17.9 Å². The average molecular weight is 709 g/mol. The van der Waals surface area contributed by atoms with Crippen molar-refractivity contribution in [3.8, 4) is 0 Å². The van der Waals surface area contributed by atoms with Gasteiger partial charge in [0.1, 0.15) is 13.2 Å². The summed E-state index contributed by atoms with van der Waals surface area (Å²) in [6, 6.07) is 0. The molecule has 0 rings (SSSR count). The lowest BCUT2D eigenvalue weighted by Gasteiger charge is -2.18. The second-order valence-electron chi connectivity index (χ2n) is 15.9. The van der Waals surface area contributed by atoms with E-state index < -0.39 is 6.10 Å². The van der Waals surface area contributed by atoms with Crippen molar-refractivity contribution in [1.29, 1.82) is 0 Å². The summed E-state index contributed by atoms with van der Waals surface area (Å²) in [6.07, 6.45) is 33.9. The zero-order chi connectivity index (χ0) is 36.9. The van der Waals surface area contributed by atoms with Gasteiger partial charge in [-0.1, -0.05) is 195 Å². The Morgan fingerprint density at radius 3 is 0.980 bits per heavy atom. The minimum absolute atomic E-state index is 0.0661. The molecule has 0 saturated heterocycles. The van der Waals surface area contributed by atoms with Gasteiger partial charge in [0.2, 0.25) is 0 Å². The second-order valence-corrected chi connectivity index (χ2v) is 15.9. The summed E-state index contributed by atoms with van der Waals surface area (Å²) in [7, 11) is 0. The van der Waals surface area contributed by atoms with Crippen molar-refractivity contribution < 1.29 is 28.6 Å². The van der Waals surface area contributed by atoms with E-state index in [9.17, 15) is 14.4 Å². The van der Waals surface area contributed by atoms with E-state index in [1.54, 1.807) is 0 Å². The topological polar surface area (TPSA) is 78.9 Å². The number of unbranched alkanes of at least 4 members (excludes halogenated alkanes) is 23. The molecule has 0 aromatic heterocycles. The van der Waals surface area contributed by atoms with Crippen molar-refractivity contribution in [3.05, 3.63) is 0 Å². The number of rotatable bonds is 38. The third-order valence-corrected chi connectivity index (χ3v) is 9.72. The fourth-order valence-corrected chi connectivity index (χ4v) is 6.40. The Hall–Kier alpha value is -1.59. The molecule has 0 radical (unpaired) electrons. The van der Waals surface area contributed by atoms with Crippen LogP contribution in [-0.4, -0.2) is 37.2 Å². The SMILES string of the molecule is CCCCCCCCCCCC(=O)OC[C@@H](COC(=O)CCCCCCCCC(C)C)OC(=O)CCCCCCCCCCCCCC(C)C. The Balaban J connectivity index is 4.32. The molecular weight excluding hydrogens is 624 g/mol. The highest BCUT2D eigenvalue weighted by Crippen LogP contribution is 2.16. The van der Waals surface area contributed by atoms with Crippen LogP contribution in [0, 0.1) is 11.8 Å². The third kappa shape index (κ3) is 37.7. The van der Waals surface area contributed by atoms with Crippen LogP contribution in [-0.2, 0) is 28.6 Å². The predicted octanol–water partition coefficient (Wildman–Crippen LogP) is 13.4. The number of carbonyl (C=O) groups is 3. The second kappa shape index (κ2) is 37.2. The molecule has 0 amide bonds. The van der Waals surface area contributed by atoms with Crippen molar-refractivity contribution in [3.63, 3.8) is 0 Å². The Kier molecular flexibility index (Phi) is 36.0. The molecular formula is C44H84O6. The minimum atomic E-state index is -0.759. The lowest BCUT2D eigenvalue weighted by molar-refractivity contribution is -0.167. The molecule has 296 valence electrons. The molecule has 0 N–H and O–H groups in total.